The molecule has 1 aromatic carbocycles. The van der Waals surface area contributed by atoms with E-state index >= 15 is 0 Å². The molecule has 1 fully saturated rings. The summed E-state index contributed by atoms with van der Waals surface area (Å²) in [5, 5.41) is 14.3. The minimum absolute atomic E-state index is 0.0829. The number of carbonyl (C=O) groups excluding carboxylic acids is 3. The Morgan fingerprint density at radius 3 is 2.57 bits per heavy atom. The second kappa shape index (κ2) is 10.5. The van der Waals surface area contributed by atoms with Crippen LogP contribution >= 0.6 is 0 Å². The van der Waals surface area contributed by atoms with E-state index in [1.54, 1.807) is 49.2 Å². The first kappa shape index (κ1) is 24.2. The number of fused-ring (bicyclic) bond motifs is 1. The summed E-state index contributed by atoms with van der Waals surface area (Å²) in [6.45, 7) is 5.88. The largest absolute Gasteiger partial charge is 0.381 e. The van der Waals surface area contributed by atoms with Gasteiger partial charge >= 0.3 is 0 Å². The molecule has 3 amide bonds. The van der Waals surface area contributed by atoms with Crippen LogP contribution in [0.1, 0.15) is 53.0 Å². The van der Waals surface area contributed by atoms with Crippen LogP contribution in [-0.4, -0.2) is 63.6 Å². The molecule has 10 nitrogen and oxygen atoms in total. The number of likely N-dealkylation sites (tertiary alicyclic amines) is 1. The van der Waals surface area contributed by atoms with Gasteiger partial charge in [-0.25, -0.2) is 9.67 Å². The Kier molecular flexibility index (Phi) is 7.28. The van der Waals surface area contributed by atoms with Crippen molar-refractivity contribution in [1.82, 2.24) is 30.3 Å². The Bertz CT molecular complexity index is 1250. The third-order valence-corrected chi connectivity index (χ3v) is 6.37. The highest BCUT2D eigenvalue weighted by atomic mass is 16.2. The van der Waals surface area contributed by atoms with E-state index in [2.05, 4.69) is 26.0 Å². The van der Waals surface area contributed by atoms with Gasteiger partial charge in [0.05, 0.1) is 22.8 Å². The lowest BCUT2D eigenvalue weighted by atomic mass is 10.0. The van der Waals surface area contributed by atoms with Crippen LogP contribution in [0, 0.1) is 0 Å². The number of anilines is 1. The molecule has 2 aromatic heterocycles. The molecule has 0 radical (unpaired) electrons. The minimum atomic E-state index is -0.266. The molecule has 1 aliphatic heterocycles. The number of carbonyl (C=O) groups is 3. The Morgan fingerprint density at radius 2 is 1.89 bits per heavy atom. The Morgan fingerprint density at radius 1 is 1.11 bits per heavy atom. The molecule has 3 aromatic rings. The van der Waals surface area contributed by atoms with E-state index in [-0.39, 0.29) is 30.3 Å². The van der Waals surface area contributed by atoms with Crippen LogP contribution in [0.3, 0.4) is 0 Å². The van der Waals surface area contributed by atoms with Crippen molar-refractivity contribution in [1.29, 1.82) is 0 Å². The molecule has 3 heterocycles. The molecule has 10 heteroatoms. The molecule has 1 aliphatic rings. The number of aromatic nitrogens is 3. The monoisotopic (exact) mass is 477 g/mol. The van der Waals surface area contributed by atoms with Gasteiger partial charge in [0, 0.05) is 58.0 Å². The highest BCUT2D eigenvalue weighted by Gasteiger charge is 2.24. The van der Waals surface area contributed by atoms with Gasteiger partial charge in [-0.1, -0.05) is 12.1 Å². The summed E-state index contributed by atoms with van der Waals surface area (Å²) in [4.78, 5) is 43.2. The number of rotatable bonds is 7. The standard InChI is InChI=1S/C25H31N7O3/c1-4-32-23-20(15-29-32)22(30-19-8-10-31(11-9-19)16(2)33)21(14-27-23)25(35)28-13-17-6-5-7-18(12-17)24(34)26-3/h5-7,12,14-15,19H,4,8-11,13H2,1-3H3,(H,26,34)(H,27,30)(H,28,35). The highest BCUT2D eigenvalue weighted by Crippen LogP contribution is 2.28. The summed E-state index contributed by atoms with van der Waals surface area (Å²) in [6, 6.07) is 7.26. The number of benzene rings is 1. The molecule has 0 bridgehead atoms. The second-order valence-corrected chi connectivity index (χ2v) is 8.63. The lowest BCUT2D eigenvalue weighted by molar-refractivity contribution is -0.129. The summed E-state index contributed by atoms with van der Waals surface area (Å²) in [7, 11) is 1.58. The normalized spacial score (nSPS) is 14.1. The lowest BCUT2D eigenvalue weighted by Gasteiger charge is -2.32. The Labute approximate surface area is 204 Å². The van der Waals surface area contributed by atoms with E-state index < -0.39 is 0 Å². The summed E-state index contributed by atoms with van der Waals surface area (Å²) in [6.07, 6.45) is 4.90. The number of aryl methyl sites for hydroxylation is 1. The zero-order valence-electron chi connectivity index (χ0n) is 20.3. The Balaban J connectivity index is 1.56. The zero-order valence-corrected chi connectivity index (χ0v) is 20.3. The van der Waals surface area contributed by atoms with Crippen molar-refractivity contribution in [3.63, 3.8) is 0 Å². The summed E-state index contributed by atoms with van der Waals surface area (Å²) >= 11 is 0. The van der Waals surface area contributed by atoms with Gasteiger partial charge in [-0.3, -0.25) is 14.4 Å². The fourth-order valence-electron chi connectivity index (χ4n) is 4.37. The van der Waals surface area contributed by atoms with Gasteiger partial charge in [0.15, 0.2) is 5.65 Å². The molecule has 1 saturated heterocycles. The lowest BCUT2D eigenvalue weighted by Crippen LogP contribution is -2.41. The van der Waals surface area contributed by atoms with Crippen molar-refractivity contribution in [3.05, 3.63) is 53.3 Å². The number of nitrogens with one attached hydrogen (secondary N) is 3. The first-order chi connectivity index (χ1) is 16.9. The van der Waals surface area contributed by atoms with E-state index in [1.807, 2.05) is 17.9 Å². The molecule has 0 unspecified atom stereocenters. The molecule has 4 rings (SSSR count). The van der Waals surface area contributed by atoms with Crippen molar-refractivity contribution in [2.45, 2.75) is 45.8 Å². The van der Waals surface area contributed by atoms with E-state index in [0.717, 1.165) is 23.8 Å². The van der Waals surface area contributed by atoms with Gasteiger partial charge in [0.1, 0.15) is 0 Å². The van der Waals surface area contributed by atoms with Crippen LogP contribution in [0.15, 0.2) is 36.7 Å². The van der Waals surface area contributed by atoms with Crippen molar-refractivity contribution < 1.29 is 14.4 Å². The molecule has 0 atom stereocenters. The summed E-state index contributed by atoms with van der Waals surface area (Å²) in [5.41, 5.74) is 3.20. The quantitative estimate of drug-likeness (QED) is 0.480. The first-order valence-electron chi connectivity index (χ1n) is 11.9. The minimum Gasteiger partial charge on any atom is -0.381 e. The second-order valence-electron chi connectivity index (χ2n) is 8.63. The first-order valence-corrected chi connectivity index (χ1v) is 11.9. The van der Waals surface area contributed by atoms with Gasteiger partial charge in [-0.2, -0.15) is 5.10 Å². The topological polar surface area (TPSA) is 121 Å². The average Bonchev–Trinajstić information content (AvgIpc) is 3.31. The van der Waals surface area contributed by atoms with Crippen LogP contribution in [0.25, 0.3) is 11.0 Å². The molecule has 0 spiro atoms. The number of hydrogen-bond donors (Lipinski definition) is 3. The van der Waals surface area contributed by atoms with E-state index in [1.165, 1.54) is 0 Å². The van der Waals surface area contributed by atoms with Crippen LogP contribution in [0.5, 0.6) is 0 Å². The van der Waals surface area contributed by atoms with Crippen LogP contribution in [-0.2, 0) is 17.9 Å². The highest BCUT2D eigenvalue weighted by molar-refractivity contribution is 6.06. The van der Waals surface area contributed by atoms with Crippen LogP contribution in [0.2, 0.25) is 0 Å². The number of piperidine rings is 1. The summed E-state index contributed by atoms with van der Waals surface area (Å²) in [5.74, 6) is -0.361. The zero-order chi connectivity index (χ0) is 24.9. The fraction of sp³-hybridized carbons (Fsp3) is 0.400. The molecular weight excluding hydrogens is 446 g/mol. The van der Waals surface area contributed by atoms with Gasteiger partial charge in [0.25, 0.3) is 11.8 Å². The number of amides is 3. The molecule has 0 aliphatic carbocycles. The molecular formula is C25H31N7O3. The van der Waals surface area contributed by atoms with Gasteiger partial charge < -0.3 is 20.9 Å². The van der Waals surface area contributed by atoms with E-state index in [0.29, 0.717) is 42.1 Å². The van der Waals surface area contributed by atoms with Gasteiger partial charge in [0.2, 0.25) is 5.91 Å². The van der Waals surface area contributed by atoms with Gasteiger partial charge in [-0.15, -0.1) is 0 Å². The maximum Gasteiger partial charge on any atom is 0.255 e. The molecule has 3 N–H and O–H groups in total. The van der Waals surface area contributed by atoms with Crippen molar-refractivity contribution in [2.24, 2.45) is 0 Å². The van der Waals surface area contributed by atoms with Gasteiger partial charge in [-0.05, 0) is 37.5 Å². The fourth-order valence-corrected chi connectivity index (χ4v) is 4.37. The average molecular weight is 478 g/mol. The predicted molar refractivity (Wildman–Crippen MR) is 133 cm³/mol. The smallest absolute Gasteiger partial charge is 0.255 e. The Hall–Kier alpha value is -3.95. The van der Waals surface area contributed by atoms with Crippen molar-refractivity contribution >= 4 is 34.4 Å². The maximum absolute atomic E-state index is 13.3. The van der Waals surface area contributed by atoms with Crippen LogP contribution < -0.4 is 16.0 Å². The molecule has 35 heavy (non-hydrogen) atoms. The SMILES string of the molecule is CCn1ncc2c(NC3CCN(C(C)=O)CC3)c(C(=O)NCc3cccc(C(=O)NC)c3)cnc21. The van der Waals surface area contributed by atoms with Crippen LogP contribution in [0.4, 0.5) is 5.69 Å². The number of nitrogens with zero attached hydrogens (tertiary/aromatic N) is 4. The molecule has 184 valence electrons. The predicted octanol–water partition coefficient (Wildman–Crippen LogP) is 2.16. The maximum atomic E-state index is 13.3. The third kappa shape index (κ3) is 5.26. The van der Waals surface area contributed by atoms with Crippen molar-refractivity contribution in [3.8, 4) is 0 Å². The van der Waals surface area contributed by atoms with Crippen molar-refractivity contribution in [2.75, 3.05) is 25.5 Å². The number of pyridine rings is 1. The third-order valence-electron chi connectivity index (χ3n) is 6.37. The van der Waals surface area contributed by atoms with E-state index in [4.69, 9.17) is 0 Å². The molecule has 0 saturated carbocycles. The summed E-state index contributed by atoms with van der Waals surface area (Å²) < 4.78 is 1.80. The number of hydrogen-bond acceptors (Lipinski definition) is 6. The van der Waals surface area contributed by atoms with E-state index in [9.17, 15) is 14.4 Å².